The number of aliphatic hydroxyl groups is 3. The minimum Gasteiger partial charge on any atom is -0.394 e. The molecule has 1 aliphatic heterocycles. The Morgan fingerprint density at radius 1 is 1.09 bits per heavy atom. The van der Waals surface area contributed by atoms with Crippen LogP contribution in [0.3, 0.4) is 0 Å². The molecule has 4 atom stereocenters. The fourth-order valence-electron chi connectivity index (χ4n) is 2.67. The highest BCUT2D eigenvalue weighted by Gasteiger charge is 2.39. The number of unbranched alkanes of at least 4 members (excludes halogenated alkanes) is 6. The number of hydrogen-bond acceptors (Lipinski definition) is 5. The topological polar surface area (TPSA) is 79.2 Å². The molecule has 0 amide bonds. The summed E-state index contributed by atoms with van der Waals surface area (Å²) in [6.45, 7) is 2.40. The molecule has 1 heterocycles. The van der Waals surface area contributed by atoms with Gasteiger partial charge in [-0.1, -0.05) is 37.8 Å². The summed E-state index contributed by atoms with van der Waals surface area (Å²) >= 11 is 0. The van der Waals surface area contributed by atoms with Crippen molar-refractivity contribution in [2.75, 3.05) is 19.8 Å². The minimum atomic E-state index is -0.988. The fraction of sp³-hybridized carbons (Fsp3) is 0.882. The second kappa shape index (κ2) is 12.0. The zero-order valence-electron chi connectivity index (χ0n) is 13.7. The Morgan fingerprint density at radius 3 is 2.45 bits per heavy atom. The maximum Gasteiger partial charge on any atom is 0.114 e. The Balaban J connectivity index is 2.05. The fourth-order valence-corrected chi connectivity index (χ4v) is 2.67. The molecule has 0 spiro atoms. The van der Waals surface area contributed by atoms with Crippen LogP contribution in [0.2, 0.25) is 0 Å². The van der Waals surface area contributed by atoms with E-state index in [1.54, 1.807) is 0 Å². The maximum atomic E-state index is 9.91. The molecule has 22 heavy (non-hydrogen) atoms. The van der Waals surface area contributed by atoms with Crippen LogP contribution in [0.25, 0.3) is 0 Å². The molecule has 5 nitrogen and oxygen atoms in total. The lowest BCUT2D eigenvalue weighted by Crippen LogP contribution is -2.55. The van der Waals surface area contributed by atoms with E-state index in [1.165, 1.54) is 32.1 Å². The maximum absolute atomic E-state index is 9.91. The Kier molecular flexibility index (Phi) is 10.7. The third-order valence-electron chi connectivity index (χ3n) is 4.07. The van der Waals surface area contributed by atoms with E-state index >= 15 is 0 Å². The summed E-state index contributed by atoms with van der Waals surface area (Å²) in [5.41, 5.74) is 0. The van der Waals surface area contributed by atoms with E-state index in [0.29, 0.717) is 6.61 Å². The van der Waals surface area contributed by atoms with E-state index in [1.807, 2.05) is 0 Å². The van der Waals surface area contributed by atoms with Crippen molar-refractivity contribution in [3.8, 4) is 0 Å². The average Bonchev–Trinajstić information content (AvgIpc) is 2.53. The molecule has 0 aromatic heterocycles. The molecule has 1 saturated heterocycles. The van der Waals surface area contributed by atoms with Crippen molar-refractivity contribution in [2.45, 2.75) is 76.3 Å². The molecule has 0 aliphatic carbocycles. The van der Waals surface area contributed by atoms with E-state index in [9.17, 15) is 15.3 Å². The number of allylic oxidation sites excluding steroid dienone is 2. The lowest BCUT2D eigenvalue weighted by molar-refractivity contribution is -0.211. The summed E-state index contributed by atoms with van der Waals surface area (Å²) in [6, 6.07) is 0. The second-order valence-corrected chi connectivity index (χ2v) is 5.93. The molecular weight excluding hydrogens is 284 g/mol. The van der Waals surface area contributed by atoms with Gasteiger partial charge in [-0.05, 0) is 26.2 Å². The molecule has 0 unspecified atom stereocenters. The molecule has 0 radical (unpaired) electrons. The van der Waals surface area contributed by atoms with Crippen LogP contribution in [-0.4, -0.2) is 59.6 Å². The van der Waals surface area contributed by atoms with E-state index in [4.69, 9.17) is 9.47 Å². The normalized spacial score (nSPS) is 29.3. The average molecular weight is 316 g/mol. The van der Waals surface area contributed by atoms with Crippen LogP contribution in [0.15, 0.2) is 12.2 Å². The summed E-state index contributed by atoms with van der Waals surface area (Å²) in [4.78, 5) is 0. The van der Waals surface area contributed by atoms with Crippen molar-refractivity contribution in [3.05, 3.63) is 12.2 Å². The van der Waals surface area contributed by atoms with Gasteiger partial charge < -0.3 is 24.8 Å². The van der Waals surface area contributed by atoms with Crippen molar-refractivity contribution in [3.63, 3.8) is 0 Å². The molecular formula is C17H32O5. The van der Waals surface area contributed by atoms with E-state index < -0.39 is 24.4 Å². The van der Waals surface area contributed by atoms with Gasteiger partial charge >= 0.3 is 0 Å². The highest BCUT2D eigenvalue weighted by molar-refractivity contribution is 4.87. The molecule has 130 valence electrons. The van der Waals surface area contributed by atoms with E-state index in [-0.39, 0.29) is 13.2 Å². The van der Waals surface area contributed by atoms with Gasteiger partial charge in [0, 0.05) is 6.61 Å². The molecule has 3 N–H and O–H groups in total. The second-order valence-electron chi connectivity index (χ2n) is 5.93. The van der Waals surface area contributed by atoms with Gasteiger partial charge in [0.25, 0.3) is 0 Å². The highest BCUT2D eigenvalue weighted by atomic mass is 16.6. The van der Waals surface area contributed by atoms with Crippen molar-refractivity contribution >= 4 is 0 Å². The Labute approximate surface area is 133 Å². The van der Waals surface area contributed by atoms with Gasteiger partial charge in [0.05, 0.1) is 13.2 Å². The molecule has 0 aromatic carbocycles. The van der Waals surface area contributed by atoms with Crippen LogP contribution in [-0.2, 0) is 9.47 Å². The number of aliphatic hydroxyl groups excluding tert-OH is 3. The molecule has 0 bridgehead atoms. The number of rotatable bonds is 11. The van der Waals surface area contributed by atoms with Gasteiger partial charge in [-0.3, -0.25) is 0 Å². The zero-order chi connectivity index (χ0) is 16.2. The quantitative estimate of drug-likeness (QED) is 0.400. The van der Waals surface area contributed by atoms with Crippen LogP contribution in [0.1, 0.15) is 51.9 Å². The minimum absolute atomic E-state index is 0.0411. The first-order valence-electron chi connectivity index (χ1n) is 8.52. The lowest BCUT2D eigenvalue weighted by Gasteiger charge is -2.37. The van der Waals surface area contributed by atoms with Crippen molar-refractivity contribution in [1.82, 2.24) is 0 Å². The Hall–Kier alpha value is -0.460. The van der Waals surface area contributed by atoms with Gasteiger partial charge in [0.1, 0.15) is 24.4 Å². The molecule has 5 heteroatoms. The molecule has 1 rings (SSSR count). The van der Waals surface area contributed by atoms with Crippen molar-refractivity contribution < 1.29 is 24.8 Å². The van der Waals surface area contributed by atoms with Crippen LogP contribution in [0.4, 0.5) is 0 Å². The summed E-state index contributed by atoms with van der Waals surface area (Å²) < 4.78 is 10.9. The van der Waals surface area contributed by atoms with Crippen LogP contribution in [0.5, 0.6) is 0 Å². The number of ether oxygens (including phenoxy) is 2. The van der Waals surface area contributed by atoms with Crippen LogP contribution in [0, 0.1) is 0 Å². The van der Waals surface area contributed by atoms with E-state index in [2.05, 4.69) is 19.1 Å². The first kappa shape index (κ1) is 19.6. The van der Waals surface area contributed by atoms with Gasteiger partial charge in [0.2, 0.25) is 0 Å². The molecule has 0 saturated carbocycles. The lowest BCUT2D eigenvalue weighted by atomic mass is 10.0. The smallest absolute Gasteiger partial charge is 0.114 e. The van der Waals surface area contributed by atoms with E-state index in [0.717, 1.165) is 12.8 Å². The summed E-state index contributed by atoms with van der Waals surface area (Å²) in [6.07, 6.45) is 9.31. The molecule has 0 aromatic rings. The molecule has 1 fully saturated rings. The third-order valence-corrected chi connectivity index (χ3v) is 4.07. The SMILES string of the molecule is C/C=C/CCCCCCCCO[C@@H]1[C@@H](O)[C@H](O)CO[C@H]1CO. The third kappa shape index (κ3) is 7.20. The predicted molar refractivity (Wildman–Crippen MR) is 85.7 cm³/mol. The first-order valence-corrected chi connectivity index (χ1v) is 8.52. The predicted octanol–water partition coefficient (Wildman–Crippen LogP) is 1.79. The highest BCUT2D eigenvalue weighted by Crippen LogP contribution is 2.19. The van der Waals surface area contributed by atoms with Crippen molar-refractivity contribution in [1.29, 1.82) is 0 Å². The van der Waals surface area contributed by atoms with Gasteiger partial charge in [-0.25, -0.2) is 0 Å². The molecule has 1 aliphatic rings. The van der Waals surface area contributed by atoms with Gasteiger partial charge in [-0.15, -0.1) is 0 Å². The van der Waals surface area contributed by atoms with Crippen LogP contribution >= 0.6 is 0 Å². The summed E-state index contributed by atoms with van der Waals surface area (Å²) in [5, 5.41) is 28.7. The van der Waals surface area contributed by atoms with Crippen molar-refractivity contribution in [2.24, 2.45) is 0 Å². The van der Waals surface area contributed by atoms with Gasteiger partial charge in [0.15, 0.2) is 0 Å². The summed E-state index contributed by atoms with van der Waals surface area (Å²) in [5.74, 6) is 0. The first-order chi connectivity index (χ1) is 10.7. The monoisotopic (exact) mass is 316 g/mol. The van der Waals surface area contributed by atoms with Crippen LogP contribution < -0.4 is 0 Å². The Morgan fingerprint density at radius 2 is 1.77 bits per heavy atom. The number of hydrogen-bond donors (Lipinski definition) is 3. The standard InChI is InChI=1S/C17H32O5/c1-2-3-4-5-6-7-8-9-10-11-21-17-15(12-18)22-13-14(19)16(17)20/h2-3,14-20H,4-13H2,1H3/b3-2+/t14-,15+,16+,17+/m1/s1. The van der Waals surface area contributed by atoms with Gasteiger partial charge in [-0.2, -0.15) is 0 Å². The summed E-state index contributed by atoms with van der Waals surface area (Å²) in [7, 11) is 0. The largest absolute Gasteiger partial charge is 0.394 e. The Bertz CT molecular complexity index is 293. The zero-order valence-corrected chi connectivity index (χ0v) is 13.7.